The van der Waals surface area contributed by atoms with Crippen LogP contribution in [0.3, 0.4) is 0 Å². The van der Waals surface area contributed by atoms with Gasteiger partial charge in [-0.15, -0.1) is 12.4 Å². The standard InChI is InChI=1S/C16H23ClN2O.ClH/c1-12(14-3-2-4-15(17)11-14)19-16(20)6-5-13-7-9-18-10-8-13;/h2-4,11-13,18H,5-10H2,1H3,(H,19,20);1H/t12-;/m1./s1. The highest BCUT2D eigenvalue weighted by atomic mass is 35.5. The molecule has 1 heterocycles. The predicted molar refractivity (Wildman–Crippen MR) is 90.1 cm³/mol. The summed E-state index contributed by atoms with van der Waals surface area (Å²) in [6.07, 6.45) is 4.00. The van der Waals surface area contributed by atoms with Gasteiger partial charge >= 0.3 is 0 Å². The Kier molecular flexibility index (Phi) is 8.09. The third-order valence-corrected chi connectivity index (χ3v) is 4.20. The summed E-state index contributed by atoms with van der Waals surface area (Å²) < 4.78 is 0. The van der Waals surface area contributed by atoms with E-state index in [2.05, 4.69) is 10.6 Å². The molecular weight excluding hydrogens is 307 g/mol. The van der Waals surface area contributed by atoms with Gasteiger partial charge in [-0.3, -0.25) is 4.79 Å². The van der Waals surface area contributed by atoms with Crippen LogP contribution in [-0.2, 0) is 4.79 Å². The van der Waals surface area contributed by atoms with Gasteiger partial charge in [0.2, 0.25) is 5.91 Å². The Morgan fingerprint density at radius 3 is 2.81 bits per heavy atom. The Morgan fingerprint density at radius 1 is 1.43 bits per heavy atom. The van der Waals surface area contributed by atoms with Crippen molar-refractivity contribution in [2.75, 3.05) is 13.1 Å². The number of carbonyl (C=O) groups excluding carboxylic acids is 1. The molecule has 118 valence electrons. The van der Waals surface area contributed by atoms with Crippen LogP contribution in [0.4, 0.5) is 0 Å². The summed E-state index contributed by atoms with van der Waals surface area (Å²) in [4.78, 5) is 12.0. The van der Waals surface area contributed by atoms with E-state index >= 15 is 0 Å². The molecule has 1 aromatic carbocycles. The molecule has 0 unspecified atom stereocenters. The lowest BCUT2D eigenvalue weighted by atomic mass is 9.93. The third kappa shape index (κ3) is 6.25. The predicted octanol–water partition coefficient (Wildman–Crippen LogP) is 3.72. The van der Waals surface area contributed by atoms with E-state index in [0.29, 0.717) is 17.4 Å². The maximum absolute atomic E-state index is 12.0. The Labute approximate surface area is 138 Å². The van der Waals surface area contributed by atoms with Gasteiger partial charge in [-0.1, -0.05) is 23.7 Å². The van der Waals surface area contributed by atoms with Gasteiger partial charge in [-0.05, 0) is 62.9 Å². The largest absolute Gasteiger partial charge is 0.350 e. The second-order valence-electron chi connectivity index (χ2n) is 5.58. The zero-order chi connectivity index (χ0) is 14.4. The molecule has 2 N–H and O–H groups in total. The maximum atomic E-state index is 12.0. The highest BCUT2D eigenvalue weighted by Gasteiger charge is 2.15. The van der Waals surface area contributed by atoms with Crippen molar-refractivity contribution in [1.82, 2.24) is 10.6 Å². The zero-order valence-electron chi connectivity index (χ0n) is 12.4. The zero-order valence-corrected chi connectivity index (χ0v) is 14.0. The minimum absolute atomic E-state index is 0. The Bertz CT molecular complexity index is 448. The van der Waals surface area contributed by atoms with Gasteiger partial charge in [0.25, 0.3) is 0 Å². The van der Waals surface area contributed by atoms with E-state index in [4.69, 9.17) is 11.6 Å². The van der Waals surface area contributed by atoms with E-state index in [9.17, 15) is 4.79 Å². The molecule has 3 nitrogen and oxygen atoms in total. The van der Waals surface area contributed by atoms with Gasteiger partial charge in [0, 0.05) is 11.4 Å². The van der Waals surface area contributed by atoms with Crippen LogP contribution in [0.5, 0.6) is 0 Å². The number of hydrogen-bond acceptors (Lipinski definition) is 2. The van der Waals surface area contributed by atoms with Crippen molar-refractivity contribution in [2.24, 2.45) is 5.92 Å². The molecule has 1 aliphatic rings. The van der Waals surface area contributed by atoms with Crippen LogP contribution in [0, 0.1) is 5.92 Å². The Hall–Kier alpha value is -0.770. The van der Waals surface area contributed by atoms with E-state index in [-0.39, 0.29) is 24.4 Å². The van der Waals surface area contributed by atoms with Crippen molar-refractivity contribution < 1.29 is 4.79 Å². The van der Waals surface area contributed by atoms with E-state index in [1.165, 1.54) is 12.8 Å². The average Bonchev–Trinajstić information content (AvgIpc) is 2.46. The molecule has 1 amide bonds. The van der Waals surface area contributed by atoms with E-state index in [1.807, 2.05) is 31.2 Å². The molecule has 2 rings (SSSR count). The molecule has 21 heavy (non-hydrogen) atoms. The second kappa shape index (κ2) is 9.29. The van der Waals surface area contributed by atoms with Crippen LogP contribution in [0.25, 0.3) is 0 Å². The molecular formula is C16H24Cl2N2O. The fraction of sp³-hybridized carbons (Fsp3) is 0.562. The lowest BCUT2D eigenvalue weighted by Crippen LogP contribution is -2.30. The molecule has 0 bridgehead atoms. The molecule has 0 spiro atoms. The van der Waals surface area contributed by atoms with Crippen molar-refractivity contribution in [3.8, 4) is 0 Å². The molecule has 0 saturated carbocycles. The highest BCUT2D eigenvalue weighted by Crippen LogP contribution is 2.19. The van der Waals surface area contributed by atoms with Gasteiger partial charge in [0.05, 0.1) is 6.04 Å². The van der Waals surface area contributed by atoms with Crippen molar-refractivity contribution >= 4 is 29.9 Å². The molecule has 1 aliphatic heterocycles. The topological polar surface area (TPSA) is 41.1 Å². The average molecular weight is 331 g/mol. The Morgan fingerprint density at radius 2 is 2.14 bits per heavy atom. The smallest absolute Gasteiger partial charge is 0.220 e. The summed E-state index contributed by atoms with van der Waals surface area (Å²) in [5.41, 5.74) is 1.05. The minimum atomic E-state index is 0. The fourth-order valence-electron chi connectivity index (χ4n) is 2.68. The van der Waals surface area contributed by atoms with Gasteiger partial charge in [-0.25, -0.2) is 0 Å². The molecule has 0 radical (unpaired) electrons. The molecule has 1 atom stereocenters. The summed E-state index contributed by atoms with van der Waals surface area (Å²) in [6, 6.07) is 7.66. The first-order valence-electron chi connectivity index (χ1n) is 7.40. The fourth-order valence-corrected chi connectivity index (χ4v) is 2.88. The first-order chi connectivity index (χ1) is 9.65. The molecule has 0 aromatic heterocycles. The molecule has 5 heteroatoms. The number of benzene rings is 1. The van der Waals surface area contributed by atoms with Crippen molar-refractivity contribution in [3.05, 3.63) is 34.9 Å². The van der Waals surface area contributed by atoms with E-state index in [1.54, 1.807) is 0 Å². The normalized spacial score (nSPS) is 16.9. The SMILES string of the molecule is C[C@@H](NC(=O)CCC1CCNCC1)c1cccc(Cl)c1.Cl. The summed E-state index contributed by atoms with van der Waals surface area (Å²) in [7, 11) is 0. The van der Waals surface area contributed by atoms with Crippen LogP contribution in [0.2, 0.25) is 5.02 Å². The molecule has 0 aliphatic carbocycles. The van der Waals surface area contributed by atoms with Crippen molar-refractivity contribution in [1.29, 1.82) is 0 Å². The van der Waals surface area contributed by atoms with Crippen LogP contribution in [0.1, 0.15) is 44.2 Å². The first kappa shape index (κ1) is 18.3. The van der Waals surface area contributed by atoms with Crippen LogP contribution < -0.4 is 10.6 Å². The van der Waals surface area contributed by atoms with Crippen LogP contribution in [-0.4, -0.2) is 19.0 Å². The number of carbonyl (C=O) groups is 1. The summed E-state index contributed by atoms with van der Waals surface area (Å²) in [6.45, 7) is 4.17. The number of hydrogen-bond donors (Lipinski definition) is 2. The molecule has 1 saturated heterocycles. The number of nitrogens with one attached hydrogen (secondary N) is 2. The summed E-state index contributed by atoms with van der Waals surface area (Å²) in [5.74, 6) is 0.833. The number of piperidine rings is 1. The number of rotatable bonds is 5. The van der Waals surface area contributed by atoms with Gasteiger partial charge in [-0.2, -0.15) is 0 Å². The highest BCUT2D eigenvalue weighted by molar-refractivity contribution is 6.30. The van der Waals surface area contributed by atoms with Crippen molar-refractivity contribution in [2.45, 2.75) is 38.6 Å². The third-order valence-electron chi connectivity index (χ3n) is 3.96. The minimum Gasteiger partial charge on any atom is -0.350 e. The monoisotopic (exact) mass is 330 g/mol. The number of amides is 1. The van der Waals surface area contributed by atoms with Crippen molar-refractivity contribution in [3.63, 3.8) is 0 Å². The van der Waals surface area contributed by atoms with Crippen LogP contribution >= 0.6 is 24.0 Å². The van der Waals surface area contributed by atoms with Gasteiger partial charge in [0.1, 0.15) is 0 Å². The second-order valence-corrected chi connectivity index (χ2v) is 6.01. The van der Waals surface area contributed by atoms with Gasteiger partial charge in [0.15, 0.2) is 0 Å². The Balaban J connectivity index is 0.00000220. The molecule has 1 fully saturated rings. The summed E-state index contributed by atoms with van der Waals surface area (Å²) in [5, 5.41) is 7.10. The lowest BCUT2D eigenvalue weighted by Gasteiger charge is -2.22. The van der Waals surface area contributed by atoms with E-state index in [0.717, 1.165) is 25.1 Å². The number of halogens is 2. The first-order valence-corrected chi connectivity index (χ1v) is 7.78. The summed E-state index contributed by atoms with van der Waals surface area (Å²) >= 11 is 5.97. The lowest BCUT2D eigenvalue weighted by molar-refractivity contribution is -0.122. The van der Waals surface area contributed by atoms with Gasteiger partial charge < -0.3 is 10.6 Å². The van der Waals surface area contributed by atoms with Crippen LogP contribution in [0.15, 0.2) is 24.3 Å². The molecule has 1 aromatic rings. The maximum Gasteiger partial charge on any atom is 0.220 e. The quantitative estimate of drug-likeness (QED) is 0.863. The van der Waals surface area contributed by atoms with E-state index < -0.39 is 0 Å².